The highest BCUT2D eigenvalue weighted by Crippen LogP contribution is 2.49. The van der Waals surface area contributed by atoms with Crippen LogP contribution in [-0.2, 0) is 23.6 Å². The number of carbonyl (C=O) groups excluding carboxylic acids is 2. The Bertz CT molecular complexity index is 1050. The Morgan fingerprint density at radius 2 is 0.854 bits per heavy atom. The highest BCUT2D eigenvalue weighted by Gasteiger charge is 2.33. The molecule has 8 nitrogen and oxygen atoms in total. The normalized spacial score (nSPS) is 10.8. The summed E-state index contributed by atoms with van der Waals surface area (Å²) in [6, 6.07) is 26.4. The maximum atomic E-state index is 13.1. The van der Waals surface area contributed by atoms with Gasteiger partial charge in [-0.3, -0.25) is 9.59 Å². The monoisotopic (exact) mass is 584 g/mol. The standard InChI is InChI=1S/C18H15O4P.C14H26O4/c19-23(20-16-10-4-1-5-11-16,21-17-12-6-2-7-13-17)22-18-14-8-3-9-15-18;1-11(2)9-17-13(15)7-5-6-8-14(16)18-10-12(3)4/h1-15H;11-12H,5-10H2,1-4H3. The largest absolute Gasteiger partial charge is 0.647 e. The van der Waals surface area contributed by atoms with Crippen LogP contribution in [0.3, 0.4) is 0 Å². The number of benzene rings is 3. The SMILES string of the molecule is CC(C)COC(=O)CCCCC(=O)OCC(C)C.O=P(Oc1ccccc1)(Oc1ccccc1)Oc1ccccc1. The molecule has 41 heavy (non-hydrogen) atoms. The van der Waals surface area contributed by atoms with E-state index in [0.717, 1.165) is 0 Å². The van der Waals surface area contributed by atoms with Gasteiger partial charge in [-0.1, -0.05) is 82.3 Å². The van der Waals surface area contributed by atoms with Crippen LogP contribution in [0.5, 0.6) is 17.2 Å². The van der Waals surface area contributed by atoms with Crippen molar-refractivity contribution >= 4 is 19.8 Å². The van der Waals surface area contributed by atoms with E-state index in [2.05, 4.69) is 0 Å². The second kappa shape index (κ2) is 18.6. The van der Waals surface area contributed by atoms with Crippen LogP contribution in [0.2, 0.25) is 0 Å². The lowest BCUT2D eigenvalue weighted by Crippen LogP contribution is -2.11. The molecule has 0 aromatic heterocycles. The van der Waals surface area contributed by atoms with Crippen LogP contribution in [0.25, 0.3) is 0 Å². The molecule has 0 bridgehead atoms. The Morgan fingerprint density at radius 1 is 0.561 bits per heavy atom. The van der Waals surface area contributed by atoms with Crippen molar-refractivity contribution in [2.45, 2.75) is 53.4 Å². The third kappa shape index (κ3) is 15.6. The predicted octanol–water partition coefficient (Wildman–Crippen LogP) is 8.28. The van der Waals surface area contributed by atoms with Crippen LogP contribution in [0.4, 0.5) is 0 Å². The van der Waals surface area contributed by atoms with Gasteiger partial charge in [0.15, 0.2) is 0 Å². The van der Waals surface area contributed by atoms with E-state index in [9.17, 15) is 14.2 Å². The van der Waals surface area contributed by atoms with E-state index in [0.29, 0.717) is 68.0 Å². The van der Waals surface area contributed by atoms with E-state index in [4.69, 9.17) is 23.0 Å². The van der Waals surface area contributed by atoms with Gasteiger partial charge in [0.05, 0.1) is 13.2 Å². The number of ether oxygens (including phenoxy) is 2. The van der Waals surface area contributed by atoms with Gasteiger partial charge in [0.1, 0.15) is 17.2 Å². The molecule has 222 valence electrons. The first-order valence-electron chi connectivity index (χ1n) is 13.8. The van der Waals surface area contributed by atoms with Gasteiger partial charge in [-0.2, -0.15) is 4.57 Å². The fourth-order valence-electron chi connectivity index (χ4n) is 3.09. The lowest BCUT2D eigenvalue weighted by atomic mass is 10.2. The van der Waals surface area contributed by atoms with Crippen molar-refractivity contribution in [3.8, 4) is 17.2 Å². The smallest absolute Gasteiger partial charge is 0.465 e. The lowest BCUT2D eigenvalue weighted by Gasteiger charge is -2.19. The number of rotatable bonds is 15. The van der Waals surface area contributed by atoms with Crippen molar-refractivity contribution in [3.63, 3.8) is 0 Å². The molecular weight excluding hydrogens is 543 g/mol. The van der Waals surface area contributed by atoms with E-state index in [1.807, 2.05) is 45.9 Å². The van der Waals surface area contributed by atoms with Crippen LogP contribution >= 0.6 is 7.82 Å². The number of hydrogen-bond acceptors (Lipinski definition) is 8. The van der Waals surface area contributed by atoms with E-state index < -0.39 is 7.82 Å². The summed E-state index contributed by atoms with van der Waals surface area (Å²) >= 11 is 0. The average Bonchev–Trinajstić information content (AvgIpc) is 2.95. The molecule has 0 aliphatic carbocycles. The first kappa shape index (κ1) is 33.4. The van der Waals surface area contributed by atoms with Crippen LogP contribution < -0.4 is 13.6 Å². The minimum Gasteiger partial charge on any atom is -0.465 e. The third-order valence-electron chi connectivity index (χ3n) is 5.05. The van der Waals surface area contributed by atoms with Crippen molar-refractivity contribution < 1.29 is 37.2 Å². The molecule has 3 aromatic rings. The Morgan fingerprint density at radius 3 is 1.12 bits per heavy atom. The number of esters is 2. The van der Waals surface area contributed by atoms with Crippen molar-refractivity contribution in [2.75, 3.05) is 13.2 Å². The van der Waals surface area contributed by atoms with Crippen LogP contribution in [0.15, 0.2) is 91.0 Å². The van der Waals surface area contributed by atoms with Gasteiger partial charge in [0, 0.05) is 12.8 Å². The molecule has 0 saturated heterocycles. The van der Waals surface area contributed by atoms with Crippen LogP contribution in [0, 0.1) is 11.8 Å². The summed E-state index contributed by atoms with van der Waals surface area (Å²) in [5, 5.41) is 0. The molecule has 0 saturated carbocycles. The third-order valence-corrected chi connectivity index (χ3v) is 6.35. The van der Waals surface area contributed by atoms with Crippen molar-refractivity contribution in [1.82, 2.24) is 0 Å². The summed E-state index contributed by atoms with van der Waals surface area (Å²) < 4.78 is 39.7. The highest BCUT2D eigenvalue weighted by molar-refractivity contribution is 7.49. The summed E-state index contributed by atoms with van der Waals surface area (Å²) in [6.07, 6.45) is 2.11. The topological polar surface area (TPSA) is 97.4 Å². The number of phosphoric ester groups is 1. The van der Waals surface area contributed by atoms with Gasteiger partial charge in [-0.05, 0) is 61.1 Å². The van der Waals surface area contributed by atoms with E-state index >= 15 is 0 Å². The van der Waals surface area contributed by atoms with Crippen LogP contribution in [-0.4, -0.2) is 25.2 Å². The molecule has 3 aromatic carbocycles. The van der Waals surface area contributed by atoms with E-state index in [-0.39, 0.29) is 11.9 Å². The molecule has 0 amide bonds. The van der Waals surface area contributed by atoms with Crippen molar-refractivity contribution in [1.29, 1.82) is 0 Å². The van der Waals surface area contributed by atoms with Gasteiger partial charge in [0.25, 0.3) is 0 Å². The maximum Gasteiger partial charge on any atom is 0.647 e. The van der Waals surface area contributed by atoms with Gasteiger partial charge in [0.2, 0.25) is 0 Å². The van der Waals surface area contributed by atoms with Gasteiger partial charge in [-0.25, -0.2) is 0 Å². The maximum absolute atomic E-state index is 13.1. The summed E-state index contributed by atoms with van der Waals surface area (Å²) in [4.78, 5) is 22.5. The zero-order chi connectivity index (χ0) is 29.9. The quantitative estimate of drug-likeness (QED) is 0.100. The highest BCUT2D eigenvalue weighted by atomic mass is 31.2. The van der Waals surface area contributed by atoms with Crippen molar-refractivity contribution in [3.05, 3.63) is 91.0 Å². The summed E-state index contributed by atoms with van der Waals surface area (Å²) in [7, 11) is -3.89. The minimum atomic E-state index is -3.89. The Kier molecular flexibility index (Phi) is 15.1. The average molecular weight is 585 g/mol. The first-order chi connectivity index (χ1) is 19.6. The molecule has 0 aliphatic rings. The fraction of sp³-hybridized carbons (Fsp3) is 0.375. The molecule has 0 radical (unpaired) electrons. The van der Waals surface area contributed by atoms with Crippen molar-refractivity contribution in [2.24, 2.45) is 11.8 Å². The molecule has 0 N–H and O–H groups in total. The summed E-state index contributed by atoms with van der Waals surface area (Å²) in [6.45, 7) is 8.93. The molecule has 0 spiro atoms. The second-order valence-corrected chi connectivity index (χ2v) is 11.5. The van der Waals surface area contributed by atoms with E-state index in [1.54, 1.807) is 72.8 Å². The summed E-state index contributed by atoms with van der Waals surface area (Å²) in [5.41, 5.74) is 0. The Hall–Kier alpha value is -3.77. The fourth-order valence-corrected chi connectivity index (χ4v) is 4.34. The number of hydrogen-bond donors (Lipinski definition) is 0. The zero-order valence-electron chi connectivity index (χ0n) is 24.3. The molecule has 0 aliphatic heterocycles. The van der Waals surface area contributed by atoms with Gasteiger partial charge >= 0.3 is 19.8 Å². The first-order valence-corrected chi connectivity index (χ1v) is 15.3. The molecule has 0 fully saturated rings. The van der Waals surface area contributed by atoms with Gasteiger partial charge in [-0.15, -0.1) is 0 Å². The molecular formula is C32H41O8P. The second-order valence-electron chi connectivity index (χ2n) is 10.0. The molecule has 3 rings (SSSR count). The van der Waals surface area contributed by atoms with Crippen LogP contribution in [0.1, 0.15) is 53.4 Å². The lowest BCUT2D eigenvalue weighted by molar-refractivity contribution is -0.147. The minimum absolute atomic E-state index is 0.181. The number of unbranched alkanes of at least 4 members (excludes halogenated alkanes) is 1. The molecule has 0 heterocycles. The van der Waals surface area contributed by atoms with Gasteiger partial charge < -0.3 is 23.0 Å². The molecule has 0 unspecified atom stereocenters. The number of phosphoric acid groups is 1. The molecule has 9 heteroatoms. The molecule has 0 atom stereocenters. The Labute approximate surface area is 243 Å². The predicted molar refractivity (Wildman–Crippen MR) is 159 cm³/mol. The number of para-hydroxylation sites is 3. The van der Waals surface area contributed by atoms with E-state index in [1.165, 1.54) is 0 Å². The Balaban J connectivity index is 0.000000298. The zero-order valence-corrected chi connectivity index (χ0v) is 25.2. The summed E-state index contributed by atoms with van der Waals surface area (Å²) in [5.74, 6) is 1.58. The number of carbonyl (C=O) groups is 2.